The number of aryl methyl sites for hydroxylation is 2. The summed E-state index contributed by atoms with van der Waals surface area (Å²) in [7, 11) is 1.65. The van der Waals surface area contributed by atoms with Crippen LogP contribution in [0.25, 0.3) is 11.4 Å². The minimum absolute atomic E-state index is 0.0592. The summed E-state index contributed by atoms with van der Waals surface area (Å²) in [4.78, 5) is 25.5. The molecule has 0 bridgehead atoms. The molecule has 1 N–H and O–H groups in total. The fourth-order valence-electron chi connectivity index (χ4n) is 4.72. The van der Waals surface area contributed by atoms with E-state index in [9.17, 15) is 4.79 Å². The maximum atomic E-state index is 13.8. The molecule has 3 heterocycles. The highest BCUT2D eigenvalue weighted by molar-refractivity contribution is 5.64. The first-order valence-corrected chi connectivity index (χ1v) is 12.3. The van der Waals surface area contributed by atoms with Crippen molar-refractivity contribution in [2.45, 2.75) is 52.8 Å². The van der Waals surface area contributed by atoms with Gasteiger partial charge in [-0.05, 0) is 63.1 Å². The number of benzene rings is 1. The van der Waals surface area contributed by atoms with Crippen molar-refractivity contribution in [1.29, 1.82) is 0 Å². The molecule has 0 radical (unpaired) electrons. The molecule has 1 unspecified atom stereocenters. The van der Waals surface area contributed by atoms with Gasteiger partial charge in [0.1, 0.15) is 23.1 Å². The first-order chi connectivity index (χ1) is 17.0. The number of anilines is 2. The smallest absolute Gasteiger partial charge is 0.277 e. The number of aromatic nitrogens is 3. The summed E-state index contributed by atoms with van der Waals surface area (Å²) in [5, 5.41) is 3.54. The van der Waals surface area contributed by atoms with Crippen LogP contribution in [0.1, 0.15) is 32.0 Å². The summed E-state index contributed by atoms with van der Waals surface area (Å²) in [5.41, 5.74) is 3.20. The molecule has 4 rings (SSSR count). The highest BCUT2D eigenvalue weighted by Gasteiger charge is 2.35. The molecule has 1 aliphatic rings. The maximum Gasteiger partial charge on any atom is 0.277 e. The van der Waals surface area contributed by atoms with Crippen LogP contribution in [0.3, 0.4) is 0 Å². The van der Waals surface area contributed by atoms with E-state index in [0.717, 1.165) is 28.4 Å². The summed E-state index contributed by atoms with van der Waals surface area (Å²) in [6, 6.07) is 11.7. The summed E-state index contributed by atoms with van der Waals surface area (Å²) < 4.78 is 13.2. The second-order valence-corrected chi connectivity index (χ2v) is 8.68. The van der Waals surface area contributed by atoms with Crippen LogP contribution in [0, 0.1) is 6.92 Å². The molecule has 0 saturated carbocycles. The van der Waals surface area contributed by atoms with Crippen molar-refractivity contribution in [2.24, 2.45) is 0 Å². The molecule has 2 aromatic heterocycles. The lowest BCUT2D eigenvalue weighted by Gasteiger charge is -2.23. The monoisotopic (exact) mass is 477 g/mol. The Balaban J connectivity index is 1.71. The standard InChI is InChI=1S/C27H35N5O3/c1-6-21-25(29-22-16-31(17-23(22)35-8-3)24-11-9-10-14-28-24)27(33)32(7-2)26(30-21)20-13-12-19(34-5)15-18(20)4/h9-15,22-23,29H,6-8,16-17H2,1-5H3/t22?,23-/m0/s1. The number of hydrogen-bond donors (Lipinski definition) is 1. The van der Waals surface area contributed by atoms with Crippen LogP contribution in [0.2, 0.25) is 0 Å². The maximum absolute atomic E-state index is 13.8. The van der Waals surface area contributed by atoms with Crippen molar-refractivity contribution in [3.8, 4) is 17.1 Å². The van der Waals surface area contributed by atoms with Crippen LogP contribution in [0.5, 0.6) is 5.75 Å². The van der Waals surface area contributed by atoms with Crippen LogP contribution < -0.4 is 20.5 Å². The molecule has 1 fully saturated rings. The molecule has 0 spiro atoms. The third-order valence-corrected chi connectivity index (χ3v) is 6.52. The van der Waals surface area contributed by atoms with Crippen molar-refractivity contribution in [3.63, 3.8) is 0 Å². The predicted octanol–water partition coefficient (Wildman–Crippen LogP) is 3.91. The summed E-state index contributed by atoms with van der Waals surface area (Å²) >= 11 is 0. The zero-order valence-electron chi connectivity index (χ0n) is 21.2. The zero-order chi connectivity index (χ0) is 24.9. The number of rotatable bonds is 9. The zero-order valence-corrected chi connectivity index (χ0v) is 21.2. The summed E-state index contributed by atoms with van der Waals surface area (Å²) in [5.74, 6) is 2.38. The Morgan fingerprint density at radius 1 is 1.14 bits per heavy atom. The molecule has 35 heavy (non-hydrogen) atoms. The van der Waals surface area contributed by atoms with Crippen LogP contribution in [-0.4, -0.2) is 53.5 Å². The molecule has 0 amide bonds. The Hall–Kier alpha value is -3.39. The minimum Gasteiger partial charge on any atom is -0.497 e. The fraction of sp³-hybridized carbons (Fsp3) is 0.444. The van der Waals surface area contributed by atoms with Gasteiger partial charge in [-0.15, -0.1) is 0 Å². The third-order valence-electron chi connectivity index (χ3n) is 6.52. The van der Waals surface area contributed by atoms with E-state index >= 15 is 0 Å². The molecular weight excluding hydrogens is 442 g/mol. The fourth-order valence-corrected chi connectivity index (χ4v) is 4.72. The van der Waals surface area contributed by atoms with Gasteiger partial charge in [0.05, 0.1) is 24.9 Å². The molecule has 1 aliphatic heterocycles. The van der Waals surface area contributed by atoms with Crippen LogP contribution >= 0.6 is 0 Å². The SMILES string of the molecule is CCO[C@H]1CN(c2ccccn2)CC1Nc1c(CC)nc(-c2ccc(OC)cc2C)n(CC)c1=O. The van der Waals surface area contributed by atoms with Crippen LogP contribution in [0.4, 0.5) is 11.5 Å². The Labute approximate surface area is 206 Å². The second kappa shape index (κ2) is 10.9. The topological polar surface area (TPSA) is 81.5 Å². The molecule has 186 valence electrons. The normalized spacial score (nSPS) is 17.6. The Morgan fingerprint density at radius 2 is 1.97 bits per heavy atom. The van der Waals surface area contributed by atoms with Crippen molar-refractivity contribution in [3.05, 3.63) is 64.2 Å². The van der Waals surface area contributed by atoms with E-state index in [2.05, 4.69) is 15.2 Å². The van der Waals surface area contributed by atoms with Gasteiger partial charge in [-0.25, -0.2) is 9.97 Å². The Bertz CT molecular complexity index is 1210. The molecule has 8 heteroatoms. The average molecular weight is 478 g/mol. The largest absolute Gasteiger partial charge is 0.497 e. The summed E-state index contributed by atoms with van der Waals surface area (Å²) in [6.07, 6.45) is 2.37. The molecule has 2 atom stereocenters. The number of pyridine rings is 1. The average Bonchev–Trinajstić information content (AvgIpc) is 3.28. The highest BCUT2D eigenvalue weighted by Crippen LogP contribution is 2.28. The second-order valence-electron chi connectivity index (χ2n) is 8.68. The molecule has 3 aromatic rings. The van der Waals surface area contributed by atoms with Gasteiger partial charge in [0.2, 0.25) is 0 Å². The van der Waals surface area contributed by atoms with E-state index in [1.54, 1.807) is 17.9 Å². The first kappa shape index (κ1) is 24.7. The molecule has 0 aliphatic carbocycles. The van der Waals surface area contributed by atoms with Crippen molar-refractivity contribution >= 4 is 11.5 Å². The number of ether oxygens (including phenoxy) is 2. The van der Waals surface area contributed by atoms with E-state index < -0.39 is 0 Å². The van der Waals surface area contributed by atoms with Gasteiger partial charge in [-0.2, -0.15) is 0 Å². The van der Waals surface area contributed by atoms with Crippen LogP contribution in [0.15, 0.2) is 47.4 Å². The molecular formula is C27H35N5O3. The van der Waals surface area contributed by atoms with Gasteiger partial charge in [0.25, 0.3) is 5.56 Å². The lowest BCUT2D eigenvalue weighted by molar-refractivity contribution is 0.0719. The van der Waals surface area contributed by atoms with Gasteiger partial charge in [0.15, 0.2) is 0 Å². The summed E-state index contributed by atoms with van der Waals surface area (Å²) in [6.45, 7) is 10.5. The first-order valence-electron chi connectivity index (χ1n) is 12.3. The third kappa shape index (κ3) is 5.03. The number of nitrogens with zero attached hydrogens (tertiary/aromatic N) is 4. The van der Waals surface area contributed by atoms with Gasteiger partial charge in [-0.1, -0.05) is 13.0 Å². The highest BCUT2D eigenvalue weighted by atomic mass is 16.5. The molecule has 1 aromatic carbocycles. The molecule has 1 saturated heterocycles. The van der Waals surface area contributed by atoms with Crippen molar-refractivity contribution in [2.75, 3.05) is 37.0 Å². The molecule has 8 nitrogen and oxygen atoms in total. The lowest BCUT2D eigenvalue weighted by Crippen LogP contribution is -2.38. The van der Waals surface area contributed by atoms with Crippen LogP contribution in [-0.2, 0) is 17.7 Å². The van der Waals surface area contributed by atoms with E-state index in [0.29, 0.717) is 44.2 Å². The van der Waals surface area contributed by atoms with E-state index in [1.807, 2.05) is 64.1 Å². The lowest BCUT2D eigenvalue weighted by atomic mass is 10.1. The number of hydrogen-bond acceptors (Lipinski definition) is 7. The van der Waals surface area contributed by atoms with Gasteiger partial charge in [0, 0.05) is 38.0 Å². The Morgan fingerprint density at radius 3 is 2.60 bits per heavy atom. The van der Waals surface area contributed by atoms with Crippen molar-refractivity contribution in [1.82, 2.24) is 14.5 Å². The number of methoxy groups -OCH3 is 1. The van der Waals surface area contributed by atoms with Gasteiger partial charge >= 0.3 is 0 Å². The minimum atomic E-state index is -0.0651. The van der Waals surface area contributed by atoms with E-state index in [4.69, 9.17) is 14.5 Å². The van der Waals surface area contributed by atoms with E-state index in [1.165, 1.54) is 0 Å². The van der Waals surface area contributed by atoms with Crippen molar-refractivity contribution < 1.29 is 9.47 Å². The van der Waals surface area contributed by atoms with E-state index in [-0.39, 0.29) is 17.7 Å². The quantitative estimate of drug-likeness (QED) is 0.500. The Kier molecular flexibility index (Phi) is 7.70. The van der Waals surface area contributed by atoms with Gasteiger partial charge < -0.3 is 19.7 Å². The number of nitrogens with one attached hydrogen (secondary N) is 1. The predicted molar refractivity (Wildman–Crippen MR) is 140 cm³/mol. The van der Waals surface area contributed by atoms with Gasteiger partial charge in [-0.3, -0.25) is 9.36 Å².